The van der Waals surface area contributed by atoms with Crippen molar-refractivity contribution in [2.75, 3.05) is 6.61 Å². The first-order valence-electron chi connectivity index (χ1n) is 3.61. The predicted octanol–water partition coefficient (Wildman–Crippen LogP) is 3.07. The first-order chi connectivity index (χ1) is 4.77. The second kappa shape index (κ2) is 7.22. The maximum absolute atomic E-state index is 4.93. The highest BCUT2D eigenvalue weighted by Crippen LogP contribution is 1.99. The molecule has 0 aliphatic rings. The molecule has 0 saturated heterocycles. The van der Waals surface area contributed by atoms with E-state index in [0.717, 1.165) is 6.42 Å². The van der Waals surface area contributed by atoms with Crippen LogP contribution in [0.2, 0.25) is 0 Å². The van der Waals surface area contributed by atoms with Gasteiger partial charge in [-0.05, 0) is 31.3 Å². The smallest absolute Gasteiger partial charge is 0.252 e. The van der Waals surface area contributed by atoms with Crippen LogP contribution >= 0.6 is 24.8 Å². The molecule has 1 radical (unpaired) electrons. The van der Waals surface area contributed by atoms with Crippen molar-refractivity contribution in [2.45, 2.75) is 32.6 Å². The molecule has 0 aromatic rings. The average molecular weight is 177 g/mol. The molecular weight excluding hydrogens is 164 g/mol. The largest absolute Gasteiger partial charge is 0.475 e. The standard InChI is InChI=1S/C7H13OS2/c1-2-3-4-5-6-8-7(9)10/h2-6H2,1H3. The van der Waals surface area contributed by atoms with Gasteiger partial charge in [0.15, 0.2) is 0 Å². The number of rotatable bonds is 5. The van der Waals surface area contributed by atoms with Gasteiger partial charge in [0.1, 0.15) is 0 Å². The molecule has 0 aromatic heterocycles. The summed E-state index contributed by atoms with van der Waals surface area (Å²) in [7, 11) is 0. The summed E-state index contributed by atoms with van der Waals surface area (Å²) in [4.78, 5) is 0. The van der Waals surface area contributed by atoms with Crippen LogP contribution in [-0.2, 0) is 4.74 Å². The van der Waals surface area contributed by atoms with E-state index in [1.165, 1.54) is 19.3 Å². The Labute approximate surface area is 73.6 Å². The van der Waals surface area contributed by atoms with Gasteiger partial charge in [-0.25, -0.2) is 0 Å². The zero-order chi connectivity index (χ0) is 7.82. The van der Waals surface area contributed by atoms with Crippen molar-refractivity contribution >= 4 is 29.2 Å². The number of hydrogen-bond acceptors (Lipinski definition) is 2. The molecule has 0 unspecified atom stereocenters. The Kier molecular flexibility index (Phi) is 7.30. The molecule has 0 N–H and O–H groups in total. The van der Waals surface area contributed by atoms with Crippen LogP contribution in [0.1, 0.15) is 32.6 Å². The maximum atomic E-state index is 4.93. The fourth-order valence-corrected chi connectivity index (χ4v) is 0.851. The molecule has 59 valence electrons. The van der Waals surface area contributed by atoms with E-state index in [1.54, 1.807) is 0 Å². The van der Waals surface area contributed by atoms with Gasteiger partial charge in [-0.3, -0.25) is 0 Å². The molecule has 0 fully saturated rings. The second-order valence-corrected chi connectivity index (χ2v) is 3.16. The van der Waals surface area contributed by atoms with Crippen molar-refractivity contribution in [2.24, 2.45) is 0 Å². The van der Waals surface area contributed by atoms with Crippen molar-refractivity contribution in [3.63, 3.8) is 0 Å². The molecule has 0 rings (SSSR count). The molecule has 3 heteroatoms. The Morgan fingerprint density at radius 3 is 2.50 bits per heavy atom. The minimum Gasteiger partial charge on any atom is -0.475 e. The van der Waals surface area contributed by atoms with Gasteiger partial charge in [0.05, 0.1) is 6.61 Å². The van der Waals surface area contributed by atoms with E-state index in [9.17, 15) is 0 Å². The molecule has 10 heavy (non-hydrogen) atoms. The molecular formula is C7H13OS2. The van der Waals surface area contributed by atoms with E-state index in [0.29, 0.717) is 6.61 Å². The third-order valence-electron chi connectivity index (χ3n) is 1.22. The van der Waals surface area contributed by atoms with Gasteiger partial charge < -0.3 is 4.74 Å². The molecule has 0 aromatic carbocycles. The number of hydrogen-bond donors (Lipinski definition) is 0. The van der Waals surface area contributed by atoms with Crippen LogP contribution in [0.4, 0.5) is 0 Å². The van der Waals surface area contributed by atoms with Gasteiger partial charge in [0.2, 0.25) is 0 Å². The third kappa shape index (κ3) is 8.11. The number of ether oxygens (including phenoxy) is 1. The Bertz CT molecular complexity index is 93.6. The molecule has 0 bridgehead atoms. The summed E-state index contributed by atoms with van der Waals surface area (Å²) in [5.74, 6) is 0. The molecule has 0 saturated carbocycles. The lowest BCUT2D eigenvalue weighted by molar-refractivity contribution is 0.309. The minimum atomic E-state index is 0.247. The summed E-state index contributed by atoms with van der Waals surface area (Å²) >= 11 is 9.13. The monoisotopic (exact) mass is 177 g/mol. The molecule has 0 aliphatic heterocycles. The Morgan fingerprint density at radius 1 is 1.30 bits per heavy atom. The van der Waals surface area contributed by atoms with Gasteiger partial charge in [-0.15, -0.1) is 0 Å². The van der Waals surface area contributed by atoms with E-state index in [2.05, 4.69) is 31.8 Å². The first kappa shape index (κ1) is 10.1. The highest BCUT2D eigenvalue weighted by atomic mass is 32.1. The topological polar surface area (TPSA) is 9.23 Å². The summed E-state index contributed by atoms with van der Waals surface area (Å²) in [5, 5.41) is 0. The van der Waals surface area contributed by atoms with Crippen LogP contribution in [0, 0.1) is 0 Å². The molecule has 0 amide bonds. The van der Waals surface area contributed by atoms with Gasteiger partial charge in [-0.2, -0.15) is 0 Å². The van der Waals surface area contributed by atoms with Gasteiger partial charge in [0.25, 0.3) is 4.38 Å². The fourth-order valence-electron chi connectivity index (χ4n) is 0.684. The van der Waals surface area contributed by atoms with Crippen LogP contribution in [-0.4, -0.2) is 11.0 Å². The number of unbranched alkanes of at least 4 members (excludes halogenated alkanes) is 3. The summed E-state index contributed by atoms with van der Waals surface area (Å²) in [6, 6.07) is 0. The van der Waals surface area contributed by atoms with Crippen LogP contribution < -0.4 is 0 Å². The summed E-state index contributed by atoms with van der Waals surface area (Å²) in [6.45, 7) is 2.88. The lowest BCUT2D eigenvalue weighted by Gasteiger charge is -2.00. The van der Waals surface area contributed by atoms with E-state index in [4.69, 9.17) is 4.74 Å². The van der Waals surface area contributed by atoms with E-state index < -0.39 is 0 Å². The Balaban J connectivity index is 2.84. The van der Waals surface area contributed by atoms with E-state index in [1.807, 2.05) is 0 Å². The van der Waals surface area contributed by atoms with Crippen molar-refractivity contribution in [3.05, 3.63) is 0 Å². The Morgan fingerprint density at radius 2 is 2.00 bits per heavy atom. The zero-order valence-corrected chi connectivity index (χ0v) is 7.89. The molecule has 0 spiro atoms. The summed E-state index contributed by atoms with van der Waals surface area (Å²) < 4.78 is 5.18. The third-order valence-corrected chi connectivity index (χ3v) is 1.45. The van der Waals surface area contributed by atoms with Crippen LogP contribution in [0.15, 0.2) is 0 Å². The molecule has 0 heterocycles. The second-order valence-electron chi connectivity index (χ2n) is 2.16. The summed E-state index contributed by atoms with van der Waals surface area (Å²) in [5.41, 5.74) is 0. The predicted molar refractivity (Wildman–Crippen MR) is 50.3 cm³/mol. The quantitative estimate of drug-likeness (QED) is 0.471. The van der Waals surface area contributed by atoms with Crippen LogP contribution in [0.5, 0.6) is 0 Å². The molecule has 0 atom stereocenters. The highest BCUT2D eigenvalue weighted by molar-refractivity contribution is 8.10. The molecule has 0 aliphatic carbocycles. The van der Waals surface area contributed by atoms with Crippen molar-refractivity contribution < 1.29 is 4.74 Å². The highest BCUT2D eigenvalue weighted by Gasteiger charge is 1.90. The Hall–Kier alpha value is 0.110. The van der Waals surface area contributed by atoms with Crippen LogP contribution in [0.25, 0.3) is 0 Å². The van der Waals surface area contributed by atoms with Crippen molar-refractivity contribution in [1.29, 1.82) is 0 Å². The minimum absolute atomic E-state index is 0.247. The van der Waals surface area contributed by atoms with E-state index in [-0.39, 0.29) is 4.38 Å². The van der Waals surface area contributed by atoms with Crippen molar-refractivity contribution in [3.8, 4) is 0 Å². The average Bonchev–Trinajstić information content (AvgIpc) is 1.87. The SMILES string of the molecule is CCCCCCOC([S])=S. The van der Waals surface area contributed by atoms with E-state index >= 15 is 0 Å². The van der Waals surface area contributed by atoms with Crippen LogP contribution in [0.3, 0.4) is 0 Å². The maximum Gasteiger partial charge on any atom is 0.252 e. The number of thiocarbonyl (C=S) groups is 1. The lowest BCUT2D eigenvalue weighted by Crippen LogP contribution is -1.95. The lowest BCUT2D eigenvalue weighted by atomic mass is 10.2. The fraction of sp³-hybridized carbons (Fsp3) is 0.857. The normalized spacial score (nSPS) is 9.30. The summed E-state index contributed by atoms with van der Waals surface area (Å²) in [6.07, 6.45) is 4.81. The first-order valence-corrected chi connectivity index (χ1v) is 4.42. The van der Waals surface area contributed by atoms with Crippen molar-refractivity contribution in [1.82, 2.24) is 0 Å². The zero-order valence-electron chi connectivity index (χ0n) is 6.26. The van der Waals surface area contributed by atoms with Gasteiger partial charge >= 0.3 is 0 Å². The van der Waals surface area contributed by atoms with Gasteiger partial charge in [0, 0.05) is 0 Å². The van der Waals surface area contributed by atoms with Gasteiger partial charge in [-0.1, -0.05) is 26.2 Å². The molecule has 1 nitrogen and oxygen atoms in total.